The third kappa shape index (κ3) is 4.29. The fraction of sp³-hybridized carbons (Fsp3) is 0.350. The van der Waals surface area contributed by atoms with Crippen molar-refractivity contribution in [2.24, 2.45) is 0 Å². The number of rotatable bonds is 8. The molecule has 1 atom stereocenters. The van der Waals surface area contributed by atoms with Gasteiger partial charge in [-0.15, -0.1) is 6.58 Å². The van der Waals surface area contributed by atoms with E-state index in [1.54, 1.807) is 6.08 Å². The molecule has 0 radical (unpaired) electrons. The lowest BCUT2D eigenvalue weighted by atomic mass is 9.95. The highest BCUT2D eigenvalue weighted by atomic mass is 19.1. The minimum Gasteiger partial charge on any atom is -0.383 e. The zero-order chi connectivity index (χ0) is 21.0. The average molecular weight is 402 g/mol. The molecule has 0 aromatic heterocycles. The maximum absolute atomic E-state index is 13.3. The third-order valence-corrected chi connectivity index (χ3v) is 4.77. The number of methoxy groups -OCH3 is 1. The van der Waals surface area contributed by atoms with E-state index in [4.69, 9.17) is 4.74 Å². The fourth-order valence-corrected chi connectivity index (χ4v) is 3.43. The minimum absolute atomic E-state index is 0.130. The van der Waals surface area contributed by atoms with E-state index in [0.717, 1.165) is 0 Å². The Morgan fingerprint density at radius 3 is 2.76 bits per heavy atom. The molecule has 154 valence electrons. The van der Waals surface area contributed by atoms with Gasteiger partial charge < -0.3 is 20.3 Å². The van der Waals surface area contributed by atoms with E-state index in [1.165, 1.54) is 41.2 Å². The smallest absolute Gasteiger partial charge is 0.322 e. The number of hydrogen-bond donors (Lipinski definition) is 2. The lowest BCUT2D eigenvalue weighted by molar-refractivity contribution is -0.132. The first kappa shape index (κ1) is 20.5. The lowest BCUT2D eigenvalue weighted by Crippen LogP contribution is -2.47. The summed E-state index contributed by atoms with van der Waals surface area (Å²) in [4.78, 5) is 40.7. The van der Waals surface area contributed by atoms with Gasteiger partial charge in [0.1, 0.15) is 12.4 Å². The summed E-state index contributed by atoms with van der Waals surface area (Å²) in [5.41, 5.74) is 1.49. The van der Waals surface area contributed by atoms with E-state index in [1.807, 2.05) is 0 Å². The van der Waals surface area contributed by atoms with Crippen LogP contribution in [0.25, 0.3) is 0 Å². The van der Waals surface area contributed by atoms with Gasteiger partial charge >= 0.3 is 6.03 Å². The van der Waals surface area contributed by atoms with Gasteiger partial charge in [-0.1, -0.05) is 18.2 Å². The standard InChI is InChI=1S/C20H23FN4O4/c1-3-9-25-15-11-24(12-16(26)22-8-10-29-2)19(27)17(15)18(23-20(25)28)13-4-6-14(21)7-5-13/h3-7,18H,1,8-12H2,2H3,(H,22,26)(H,23,28)/t18-/m1/s1. The SMILES string of the molecule is C=CCN1C(=O)N[C@H](c2ccc(F)cc2)C2=C1CN(CC(=O)NCCOC)C2=O. The number of carbonyl (C=O) groups excluding carboxylic acids is 3. The number of ether oxygens (including phenoxy) is 1. The van der Waals surface area contributed by atoms with Gasteiger partial charge in [0.25, 0.3) is 5.91 Å². The van der Waals surface area contributed by atoms with Gasteiger partial charge in [-0.25, -0.2) is 9.18 Å². The normalized spacial score (nSPS) is 18.6. The van der Waals surface area contributed by atoms with Crippen LogP contribution in [0.15, 0.2) is 48.2 Å². The van der Waals surface area contributed by atoms with Crippen molar-refractivity contribution in [3.63, 3.8) is 0 Å². The molecule has 1 aromatic carbocycles. The highest BCUT2D eigenvalue weighted by molar-refractivity contribution is 6.03. The minimum atomic E-state index is -0.715. The second-order valence-corrected chi connectivity index (χ2v) is 6.70. The number of hydrogen-bond acceptors (Lipinski definition) is 4. The molecule has 29 heavy (non-hydrogen) atoms. The summed E-state index contributed by atoms with van der Waals surface area (Å²) in [6, 6.07) is 4.52. The molecule has 9 heteroatoms. The van der Waals surface area contributed by atoms with Crippen molar-refractivity contribution in [1.82, 2.24) is 20.4 Å². The van der Waals surface area contributed by atoms with E-state index in [-0.39, 0.29) is 37.5 Å². The highest BCUT2D eigenvalue weighted by Gasteiger charge is 2.44. The Morgan fingerprint density at radius 1 is 1.38 bits per heavy atom. The summed E-state index contributed by atoms with van der Waals surface area (Å²) in [5.74, 6) is -1.07. The lowest BCUT2D eigenvalue weighted by Gasteiger charge is -2.33. The molecule has 0 spiro atoms. The number of amides is 4. The molecule has 2 N–H and O–H groups in total. The van der Waals surface area contributed by atoms with Gasteiger partial charge in [-0.3, -0.25) is 14.5 Å². The third-order valence-electron chi connectivity index (χ3n) is 4.77. The number of nitrogens with zero attached hydrogens (tertiary/aromatic N) is 2. The monoisotopic (exact) mass is 402 g/mol. The first-order valence-corrected chi connectivity index (χ1v) is 9.18. The van der Waals surface area contributed by atoms with Crippen LogP contribution in [0.3, 0.4) is 0 Å². The van der Waals surface area contributed by atoms with Crippen molar-refractivity contribution >= 4 is 17.8 Å². The Labute approximate surface area is 168 Å². The summed E-state index contributed by atoms with van der Waals surface area (Å²) in [6.45, 7) is 4.58. The number of halogens is 1. The molecule has 8 nitrogen and oxygen atoms in total. The van der Waals surface area contributed by atoms with E-state index in [9.17, 15) is 18.8 Å². The summed E-state index contributed by atoms with van der Waals surface area (Å²) in [7, 11) is 1.53. The average Bonchev–Trinajstić information content (AvgIpc) is 3.01. The molecule has 2 heterocycles. The molecule has 3 rings (SSSR count). The van der Waals surface area contributed by atoms with Gasteiger partial charge in [0, 0.05) is 20.2 Å². The molecule has 1 aromatic rings. The van der Waals surface area contributed by atoms with Crippen LogP contribution >= 0.6 is 0 Å². The quantitative estimate of drug-likeness (QED) is 0.500. The summed E-state index contributed by atoms with van der Waals surface area (Å²) >= 11 is 0. The Kier molecular flexibility index (Phi) is 6.28. The van der Waals surface area contributed by atoms with E-state index in [0.29, 0.717) is 30.0 Å². The predicted molar refractivity (Wildman–Crippen MR) is 103 cm³/mol. The largest absolute Gasteiger partial charge is 0.383 e. The molecule has 0 unspecified atom stereocenters. The maximum atomic E-state index is 13.3. The summed E-state index contributed by atoms with van der Waals surface area (Å²) < 4.78 is 18.2. The maximum Gasteiger partial charge on any atom is 0.322 e. The molecule has 4 amide bonds. The summed E-state index contributed by atoms with van der Waals surface area (Å²) in [6.07, 6.45) is 1.56. The zero-order valence-corrected chi connectivity index (χ0v) is 16.1. The van der Waals surface area contributed by atoms with Gasteiger partial charge in [0.05, 0.1) is 30.5 Å². The summed E-state index contributed by atoms with van der Waals surface area (Å²) in [5, 5.41) is 5.48. The zero-order valence-electron chi connectivity index (χ0n) is 16.1. The van der Waals surface area contributed by atoms with Crippen LogP contribution in [-0.2, 0) is 14.3 Å². The predicted octanol–water partition coefficient (Wildman–Crippen LogP) is 0.937. The van der Waals surface area contributed by atoms with Crippen LogP contribution in [0.5, 0.6) is 0 Å². The van der Waals surface area contributed by atoms with Crippen LogP contribution in [0.2, 0.25) is 0 Å². The van der Waals surface area contributed by atoms with Crippen LogP contribution in [0.1, 0.15) is 11.6 Å². The Hall–Kier alpha value is -3.20. The topological polar surface area (TPSA) is 91.0 Å². The van der Waals surface area contributed by atoms with Crippen molar-refractivity contribution < 1.29 is 23.5 Å². The Bertz CT molecular complexity index is 853. The molecule has 0 saturated carbocycles. The Balaban J connectivity index is 1.86. The molecule has 0 bridgehead atoms. The second-order valence-electron chi connectivity index (χ2n) is 6.70. The number of urea groups is 1. The molecular formula is C20H23FN4O4. The van der Waals surface area contributed by atoms with Crippen molar-refractivity contribution in [2.75, 3.05) is 39.9 Å². The van der Waals surface area contributed by atoms with Gasteiger partial charge in [-0.05, 0) is 17.7 Å². The van der Waals surface area contributed by atoms with Gasteiger partial charge in [0.15, 0.2) is 0 Å². The molecule has 2 aliphatic rings. The Morgan fingerprint density at radius 2 is 2.10 bits per heavy atom. The van der Waals surface area contributed by atoms with Crippen LogP contribution < -0.4 is 10.6 Å². The van der Waals surface area contributed by atoms with Crippen molar-refractivity contribution in [3.8, 4) is 0 Å². The molecule has 0 aliphatic carbocycles. The highest BCUT2D eigenvalue weighted by Crippen LogP contribution is 2.36. The van der Waals surface area contributed by atoms with Crippen molar-refractivity contribution in [3.05, 3.63) is 59.6 Å². The number of carbonyl (C=O) groups is 3. The van der Waals surface area contributed by atoms with Crippen LogP contribution in [-0.4, -0.2) is 67.5 Å². The molecular weight excluding hydrogens is 379 g/mol. The number of nitrogens with one attached hydrogen (secondary N) is 2. The molecule has 2 aliphatic heterocycles. The van der Waals surface area contributed by atoms with Crippen molar-refractivity contribution in [1.29, 1.82) is 0 Å². The molecule has 0 fully saturated rings. The number of benzene rings is 1. The van der Waals surface area contributed by atoms with Gasteiger partial charge in [-0.2, -0.15) is 0 Å². The fourth-order valence-electron chi connectivity index (χ4n) is 3.43. The first-order valence-electron chi connectivity index (χ1n) is 9.18. The van der Waals surface area contributed by atoms with Crippen LogP contribution in [0.4, 0.5) is 9.18 Å². The van der Waals surface area contributed by atoms with E-state index < -0.39 is 11.9 Å². The van der Waals surface area contributed by atoms with Crippen LogP contribution in [0, 0.1) is 5.82 Å². The molecule has 0 saturated heterocycles. The first-order chi connectivity index (χ1) is 14.0. The van der Waals surface area contributed by atoms with Crippen molar-refractivity contribution in [2.45, 2.75) is 6.04 Å². The second kappa shape index (κ2) is 8.87. The van der Waals surface area contributed by atoms with E-state index >= 15 is 0 Å². The van der Waals surface area contributed by atoms with Gasteiger partial charge in [0.2, 0.25) is 5.91 Å². The van der Waals surface area contributed by atoms with E-state index in [2.05, 4.69) is 17.2 Å².